The molecule has 8 heteroatoms. The van der Waals surface area contributed by atoms with Crippen LogP contribution >= 0.6 is 0 Å². The first-order valence-corrected chi connectivity index (χ1v) is 8.24. The van der Waals surface area contributed by atoms with Crippen molar-refractivity contribution in [3.8, 4) is 0 Å². The van der Waals surface area contributed by atoms with Gasteiger partial charge in [0.15, 0.2) is 0 Å². The van der Waals surface area contributed by atoms with Crippen LogP contribution in [0, 0.1) is 5.82 Å². The lowest BCUT2D eigenvalue weighted by Crippen LogP contribution is -2.26. The van der Waals surface area contributed by atoms with Crippen LogP contribution in [0.25, 0.3) is 10.9 Å². The molecule has 0 aliphatic rings. The van der Waals surface area contributed by atoms with Crippen molar-refractivity contribution in [3.05, 3.63) is 59.8 Å². The predicted octanol–water partition coefficient (Wildman–Crippen LogP) is 5.03. The number of carbonyl (C=O) groups excluding carboxylic acids is 1. The maximum absolute atomic E-state index is 13.5. The molecule has 0 unspecified atom stereocenters. The molecule has 0 atom stereocenters. The topological polar surface area (TPSA) is 38.1 Å². The Kier molecular flexibility index (Phi) is 5.88. The van der Waals surface area contributed by atoms with Gasteiger partial charge in [-0.15, -0.1) is 0 Å². The van der Waals surface area contributed by atoms with Crippen molar-refractivity contribution in [3.63, 3.8) is 0 Å². The van der Waals surface area contributed by atoms with Gasteiger partial charge in [-0.1, -0.05) is 13.8 Å². The molecule has 2 aromatic heterocycles. The van der Waals surface area contributed by atoms with E-state index >= 15 is 0 Å². The van der Waals surface area contributed by atoms with Crippen LogP contribution in [0.2, 0.25) is 0 Å². The number of pyridine rings is 1. The van der Waals surface area contributed by atoms with E-state index in [1.54, 1.807) is 11.6 Å². The molecule has 0 N–H and O–H groups in total. The van der Waals surface area contributed by atoms with Crippen molar-refractivity contribution in [1.82, 2.24) is 9.55 Å². The van der Waals surface area contributed by atoms with Gasteiger partial charge in [-0.25, -0.2) is 4.39 Å². The zero-order chi connectivity index (χ0) is 20.4. The largest absolute Gasteiger partial charge is 0.433 e. The quantitative estimate of drug-likeness (QED) is 0.584. The molecule has 1 aromatic carbocycles. The number of amides is 1. The fourth-order valence-electron chi connectivity index (χ4n) is 2.62. The molecule has 2 heterocycles. The van der Waals surface area contributed by atoms with Gasteiger partial charge in [-0.05, 0) is 30.3 Å². The van der Waals surface area contributed by atoms with E-state index < -0.39 is 23.6 Å². The summed E-state index contributed by atoms with van der Waals surface area (Å²) in [5.41, 5.74) is -0.205. The monoisotopic (exact) mass is 381 g/mol. The molecule has 0 radical (unpaired) electrons. The second kappa shape index (κ2) is 7.77. The fourth-order valence-corrected chi connectivity index (χ4v) is 2.62. The van der Waals surface area contributed by atoms with E-state index in [9.17, 15) is 22.4 Å². The van der Waals surface area contributed by atoms with Crippen molar-refractivity contribution >= 4 is 22.5 Å². The van der Waals surface area contributed by atoms with Crippen molar-refractivity contribution in [2.24, 2.45) is 7.05 Å². The first kappa shape index (κ1) is 20.4. The van der Waals surface area contributed by atoms with Gasteiger partial charge in [0.2, 0.25) is 0 Å². The Morgan fingerprint density at radius 1 is 1.15 bits per heavy atom. The predicted molar refractivity (Wildman–Crippen MR) is 96.2 cm³/mol. The molecule has 4 nitrogen and oxygen atoms in total. The SMILES string of the molecule is CC.CN(C(=O)c1cn(C)c2ccc(F)cc12)c1ccnc(C(F)(F)F)c1. The van der Waals surface area contributed by atoms with Gasteiger partial charge in [0.25, 0.3) is 5.91 Å². The van der Waals surface area contributed by atoms with Crippen molar-refractivity contribution in [2.75, 3.05) is 11.9 Å². The number of halogens is 4. The lowest BCUT2D eigenvalue weighted by molar-refractivity contribution is -0.141. The number of aromatic nitrogens is 2. The molecule has 3 aromatic rings. The minimum atomic E-state index is -4.61. The highest BCUT2D eigenvalue weighted by atomic mass is 19.4. The van der Waals surface area contributed by atoms with E-state index in [4.69, 9.17) is 0 Å². The number of fused-ring (bicyclic) bond motifs is 1. The van der Waals surface area contributed by atoms with Crippen molar-refractivity contribution in [2.45, 2.75) is 20.0 Å². The third-order valence-electron chi connectivity index (χ3n) is 3.91. The summed E-state index contributed by atoms with van der Waals surface area (Å²) < 4.78 is 53.6. The Morgan fingerprint density at radius 3 is 2.44 bits per heavy atom. The van der Waals surface area contributed by atoms with Gasteiger partial charge < -0.3 is 9.47 Å². The molecule has 0 saturated heterocycles. The molecular formula is C19H19F4N3O. The molecule has 0 bridgehead atoms. The Labute approximate surface area is 154 Å². The molecular weight excluding hydrogens is 362 g/mol. The summed E-state index contributed by atoms with van der Waals surface area (Å²) in [6.45, 7) is 4.00. The maximum Gasteiger partial charge on any atom is 0.433 e. The number of rotatable bonds is 2. The van der Waals surface area contributed by atoms with E-state index in [-0.39, 0.29) is 11.3 Å². The number of nitrogens with zero attached hydrogens (tertiary/aromatic N) is 3. The minimum Gasteiger partial charge on any atom is -0.350 e. The lowest BCUT2D eigenvalue weighted by atomic mass is 10.1. The zero-order valence-electron chi connectivity index (χ0n) is 15.3. The van der Waals surface area contributed by atoms with Crippen molar-refractivity contribution in [1.29, 1.82) is 0 Å². The van der Waals surface area contributed by atoms with Gasteiger partial charge in [0.05, 0.1) is 5.56 Å². The number of hydrogen-bond acceptors (Lipinski definition) is 2. The van der Waals surface area contributed by atoms with Crippen LogP contribution in [0.15, 0.2) is 42.7 Å². The molecule has 0 aliphatic carbocycles. The second-order valence-corrected chi connectivity index (χ2v) is 5.58. The molecule has 0 saturated carbocycles. The average molecular weight is 381 g/mol. The third kappa shape index (κ3) is 4.10. The number of alkyl halides is 3. The molecule has 0 spiro atoms. The Hall–Kier alpha value is -2.90. The molecule has 1 amide bonds. The van der Waals surface area contributed by atoms with Gasteiger partial charge >= 0.3 is 6.18 Å². The van der Waals surface area contributed by atoms with Gasteiger partial charge in [-0.3, -0.25) is 9.78 Å². The lowest BCUT2D eigenvalue weighted by Gasteiger charge is -2.18. The Balaban J connectivity index is 0.00000126. The number of benzene rings is 1. The summed E-state index contributed by atoms with van der Waals surface area (Å²) in [6.07, 6.45) is -2.10. The normalized spacial score (nSPS) is 11.1. The Morgan fingerprint density at radius 2 is 1.81 bits per heavy atom. The highest BCUT2D eigenvalue weighted by molar-refractivity contribution is 6.13. The number of aryl methyl sites for hydroxylation is 1. The molecule has 0 aliphatic heterocycles. The summed E-state index contributed by atoms with van der Waals surface area (Å²) in [4.78, 5) is 17.1. The smallest absolute Gasteiger partial charge is 0.350 e. The summed E-state index contributed by atoms with van der Waals surface area (Å²) in [5.74, 6) is -1.05. The van der Waals surface area contributed by atoms with Crippen LogP contribution < -0.4 is 4.90 Å². The Bertz CT molecular complexity index is 963. The van der Waals surface area contributed by atoms with Gasteiger partial charge in [-0.2, -0.15) is 13.2 Å². The average Bonchev–Trinajstić information content (AvgIpc) is 2.97. The summed E-state index contributed by atoms with van der Waals surface area (Å²) in [5, 5.41) is 0.393. The fraction of sp³-hybridized carbons (Fsp3) is 0.263. The number of carbonyl (C=O) groups is 1. The van der Waals surface area contributed by atoms with Crippen LogP contribution in [0.1, 0.15) is 29.9 Å². The molecule has 0 fully saturated rings. The standard InChI is InChI=1S/C17H13F4N3O.C2H6/c1-23-9-13(12-7-10(18)3-4-14(12)23)16(25)24(2)11-5-6-22-15(8-11)17(19,20)21;1-2/h3-9H,1-2H3;1-2H3. The molecule has 27 heavy (non-hydrogen) atoms. The van der Waals surface area contributed by atoms with Gasteiger partial charge in [0.1, 0.15) is 11.5 Å². The summed E-state index contributed by atoms with van der Waals surface area (Å²) >= 11 is 0. The second-order valence-electron chi connectivity index (χ2n) is 5.58. The number of anilines is 1. The van der Waals surface area contributed by atoms with E-state index in [2.05, 4.69) is 4.98 Å². The first-order valence-electron chi connectivity index (χ1n) is 8.24. The highest BCUT2D eigenvalue weighted by Gasteiger charge is 2.33. The zero-order valence-corrected chi connectivity index (χ0v) is 15.3. The van der Waals surface area contributed by atoms with E-state index in [1.165, 1.54) is 37.5 Å². The van der Waals surface area contributed by atoms with Crippen LogP contribution in [-0.2, 0) is 13.2 Å². The van der Waals surface area contributed by atoms with E-state index in [1.807, 2.05) is 13.8 Å². The third-order valence-corrected chi connectivity index (χ3v) is 3.91. The first-order chi connectivity index (χ1) is 12.7. The highest BCUT2D eigenvalue weighted by Crippen LogP contribution is 2.30. The summed E-state index contributed by atoms with van der Waals surface area (Å²) in [6, 6.07) is 6.14. The summed E-state index contributed by atoms with van der Waals surface area (Å²) in [7, 11) is 3.06. The molecule has 3 rings (SSSR count). The minimum absolute atomic E-state index is 0.0423. The van der Waals surface area contributed by atoms with E-state index in [0.29, 0.717) is 10.9 Å². The van der Waals surface area contributed by atoms with Crippen LogP contribution in [0.4, 0.5) is 23.2 Å². The van der Waals surface area contributed by atoms with Crippen molar-refractivity contribution < 1.29 is 22.4 Å². The maximum atomic E-state index is 13.5. The van der Waals surface area contributed by atoms with Gasteiger partial charge in [0, 0.05) is 43.1 Å². The van der Waals surface area contributed by atoms with Crippen LogP contribution in [0.5, 0.6) is 0 Å². The molecule has 144 valence electrons. The number of hydrogen-bond donors (Lipinski definition) is 0. The van der Waals surface area contributed by atoms with Crippen LogP contribution in [0.3, 0.4) is 0 Å². The van der Waals surface area contributed by atoms with Crippen LogP contribution in [-0.4, -0.2) is 22.5 Å². The van der Waals surface area contributed by atoms with E-state index in [0.717, 1.165) is 17.2 Å².